The van der Waals surface area contributed by atoms with Gasteiger partial charge in [-0.15, -0.1) is 0 Å². The monoisotopic (exact) mass is 246 g/mol. The first-order chi connectivity index (χ1) is 8.72. The molecule has 1 fully saturated rings. The van der Waals surface area contributed by atoms with Gasteiger partial charge in [0.05, 0.1) is 6.10 Å². The molecule has 0 N–H and O–H groups in total. The molecule has 1 unspecified atom stereocenters. The van der Waals surface area contributed by atoms with E-state index in [-0.39, 0.29) is 6.10 Å². The van der Waals surface area contributed by atoms with Crippen LogP contribution in [-0.2, 0) is 4.74 Å². The van der Waals surface area contributed by atoms with Gasteiger partial charge in [0.25, 0.3) is 0 Å². The van der Waals surface area contributed by atoms with E-state index in [1.54, 1.807) is 6.07 Å². The fraction of sp³-hybridized carbons (Fsp3) is 0.615. The quantitative estimate of drug-likeness (QED) is 0.808. The second-order valence-corrected chi connectivity index (χ2v) is 4.48. The Hall–Kier alpha value is -1.67. The second-order valence-electron chi connectivity index (χ2n) is 4.48. The van der Waals surface area contributed by atoms with E-state index in [1.807, 2.05) is 6.92 Å². The van der Waals surface area contributed by atoms with E-state index in [9.17, 15) is 0 Å². The second kappa shape index (κ2) is 5.78. The first-order valence-corrected chi connectivity index (χ1v) is 6.35. The summed E-state index contributed by atoms with van der Waals surface area (Å²) < 4.78 is 5.63. The Morgan fingerprint density at radius 1 is 1.56 bits per heavy atom. The van der Waals surface area contributed by atoms with Gasteiger partial charge in [0.1, 0.15) is 11.8 Å². The SMILES string of the molecule is CCN(CC1CCCO1)c1nc(C)cc(C#N)n1. The Labute approximate surface area is 107 Å². The molecule has 1 saturated heterocycles. The van der Waals surface area contributed by atoms with Crippen LogP contribution in [0.2, 0.25) is 0 Å². The summed E-state index contributed by atoms with van der Waals surface area (Å²) in [5.41, 5.74) is 1.24. The Morgan fingerprint density at radius 2 is 2.39 bits per heavy atom. The summed E-state index contributed by atoms with van der Waals surface area (Å²) in [6.07, 6.45) is 2.48. The molecule has 1 aromatic heterocycles. The van der Waals surface area contributed by atoms with Crippen molar-refractivity contribution in [2.24, 2.45) is 0 Å². The van der Waals surface area contributed by atoms with E-state index in [2.05, 4.69) is 27.9 Å². The van der Waals surface area contributed by atoms with E-state index >= 15 is 0 Å². The summed E-state index contributed by atoms with van der Waals surface area (Å²) in [5.74, 6) is 0.629. The van der Waals surface area contributed by atoms with Crippen LogP contribution >= 0.6 is 0 Å². The Balaban J connectivity index is 2.15. The summed E-state index contributed by atoms with van der Waals surface area (Å²) in [5, 5.41) is 8.94. The van der Waals surface area contributed by atoms with Crippen molar-refractivity contribution in [1.29, 1.82) is 5.26 Å². The summed E-state index contributed by atoms with van der Waals surface area (Å²) in [6.45, 7) is 6.40. The highest BCUT2D eigenvalue weighted by Crippen LogP contribution is 2.16. The minimum Gasteiger partial charge on any atom is -0.376 e. The van der Waals surface area contributed by atoms with E-state index in [0.717, 1.165) is 38.2 Å². The Kier molecular flexibility index (Phi) is 4.11. The van der Waals surface area contributed by atoms with Gasteiger partial charge in [-0.1, -0.05) is 0 Å². The van der Waals surface area contributed by atoms with Crippen molar-refractivity contribution >= 4 is 5.95 Å². The molecule has 0 saturated carbocycles. The largest absolute Gasteiger partial charge is 0.376 e. The standard InChI is InChI=1S/C13H18N4O/c1-3-17(9-12-5-4-6-18-12)13-15-10(2)7-11(8-14)16-13/h7,12H,3-6,9H2,1-2H3. The van der Waals surface area contributed by atoms with Gasteiger partial charge in [-0.2, -0.15) is 5.26 Å². The van der Waals surface area contributed by atoms with E-state index < -0.39 is 0 Å². The van der Waals surface area contributed by atoms with Crippen LogP contribution in [-0.4, -0.2) is 35.8 Å². The molecule has 2 rings (SSSR count). The lowest BCUT2D eigenvalue weighted by Crippen LogP contribution is -2.33. The number of nitriles is 1. The molecule has 1 aromatic rings. The number of likely N-dealkylation sites (N-methyl/N-ethyl adjacent to an activating group) is 1. The van der Waals surface area contributed by atoms with Gasteiger partial charge >= 0.3 is 0 Å². The zero-order valence-corrected chi connectivity index (χ0v) is 10.9. The average Bonchev–Trinajstić information content (AvgIpc) is 2.88. The molecule has 18 heavy (non-hydrogen) atoms. The summed E-state index contributed by atoms with van der Waals surface area (Å²) in [4.78, 5) is 10.7. The lowest BCUT2D eigenvalue weighted by Gasteiger charge is -2.24. The number of nitrogens with zero attached hydrogens (tertiary/aromatic N) is 4. The van der Waals surface area contributed by atoms with E-state index in [1.165, 1.54) is 0 Å². The third kappa shape index (κ3) is 2.96. The van der Waals surface area contributed by atoms with Crippen molar-refractivity contribution in [2.45, 2.75) is 32.8 Å². The van der Waals surface area contributed by atoms with Gasteiger partial charge in [0.15, 0.2) is 0 Å². The third-order valence-electron chi connectivity index (χ3n) is 3.07. The van der Waals surface area contributed by atoms with Gasteiger partial charge in [0, 0.05) is 25.4 Å². The van der Waals surface area contributed by atoms with Crippen LogP contribution in [0.25, 0.3) is 0 Å². The number of rotatable bonds is 4. The number of aryl methyl sites for hydroxylation is 1. The lowest BCUT2D eigenvalue weighted by atomic mass is 10.2. The Bertz CT molecular complexity index is 449. The smallest absolute Gasteiger partial charge is 0.226 e. The van der Waals surface area contributed by atoms with E-state index in [0.29, 0.717) is 11.6 Å². The Morgan fingerprint density at radius 3 is 3.00 bits per heavy atom. The number of ether oxygens (including phenoxy) is 1. The molecule has 0 aliphatic carbocycles. The maximum Gasteiger partial charge on any atom is 0.226 e. The molecule has 5 nitrogen and oxygen atoms in total. The molecule has 2 heterocycles. The predicted molar refractivity (Wildman–Crippen MR) is 68.3 cm³/mol. The van der Waals surface area contributed by atoms with Crippen LogP contribution in [0.1, 0.15) is 31.2 Å². The van der Waals surface area contributed by atoms with E-state index in [4.69, 9.17) is 10.00 Å². The molecule has 0 aromatic carbocycles. The topological polar surface area (TPSA) is 62.0 Å². The molecule has 0 spiro atoms. The van der Waals surface area contributed by atoms with Crippen LogP contribution < -0.4 is 4.90 Å². The number of hydrogen-bond acceptors (Lipinski definition) is 5. The minimum atomic E-state index is 0.264. The van der Waals surface area contributed by atoms with Crippen molar-refractivity contribution in [1.82, 2.24) is 9.97 Å². The zero-order chi connectivity index (χ0) is 13.0. The van der Waals surface area contributed by atoms with Crippen molar-refractivity contribution in [3.05, 3.63) is 17.5 Å². The first kappa shape index (κ1) is 12.8. The van der Waals surface area contributed by atoms with Crippen LogP contribution in [0.4, 0.5) is 5.95 Å². The highest BCUT2D eigenvalue weighted by Gasteiger charge is 2.20. The molecule has 5 heteroatoms. The molecule has 0 bridgehead atoms. The predicted octanol–water partition coefficient (Wildman–Crippen LogP) is 1.66. The summed E-state index contributed by atoms with van der Waals surface area (Å²) in [6, 6.07) is 3.77. The van der Waals surface area contributed by atoms with Crippen molar-refractivity contribution < 1.29 is 4.74 Å². The third-order valence-corrected chi connectivity index (χ3v) is 3.07. The fourth-order valence-corrected chi connectivity index (χ4v) is 2.14. The molecule has 1 atom stereocenters. The first-order valence-electron chi connectivity index (χ1n) is 6.35. The van der Waals surface area contributed by atoms with Gasteiger partial charge in [-0.25, -0.2) is 9.97 Å². The van der Waals surface area contributed by atoms with Crippen molar-refractivity contribution in [3.8, 4) is 6.07 Å². The van der Waals surface area contributed by atoms with Gasteiger partial charge in [-0.3, -0.25) is 0 Å². The van der Waals surface area contributed by atoms with Crippen molar-refractivity contribution in [2.75, 3.05) is 24.6 Å². The van der Waals surface area contributed by atoms with Crippen LogP contribution in [0, 0.1) is 18.3 Å². The fourth-order valence-electron chi connectivity index (χ4n) is 2.14. The zero-order valence-electron chi connectivity index (χ0n) is 10.9. The molecule has 0 radical (unpaired) electrons. The highest BCUT2D eigenvalue weighted by molar-refractivity contribution is 5.36. The summed E-state index contributed by atoms with van der Waals surface area (Å²) in [7, 11) is 0. The van der Waals surface area contributed by atoms with Crippen LogP contribution in [0.5, 0.6) is 0 Å². The lowest BCUT2D eigenvalue weighted by molar-refractivity contribution is 0.115. The molecule has 1 aliphatic heterocycles. The normalized spacial score (nSPS) is 18.6. The summed E-state index contributed by atoms with van der Waals surface area (Å²) >= 11 is 0. The maximum atomic E-state index is 8.94. The highest BCUT2D eigenvalue weighted by atomic mass is 16.5. The minimum absolute atomic E-state index is 0.264. The molecular formula is C13H18N4O. The molecular weight excluding hydrogens is 228 g/mol. The maximum absolute atomic E-state index is 8.94. The number of anilines is 1. The van der Waals surface area contributed by atoms with Crippen molar-refractivity contribution in [3.63, 3.8) is 0 Å². The van der Waals surface area contributed by atoms with Gasteiger partial charge in [-0.05, 0) is 32.8 Å². The van der Waals surface area contributed by atoms with Gasteiger partial charge < -0.3 is 9.64 Å². The van der Waals surface area contributed by atoms with Crippen LogP contribution in [0.15, 0.2) is 6.07 Å². The molecule has 96 valence electrons. The number of aromatic nitrogens is 2. The van der Waals surface area contributed by atoms with Gasteiger partial charge in [0.2, 0.25) is 5.95 Å². The molecule has 0 amide bonds. The average molecular weight is 246 g/mol. The number of hydrogen-bond donors (Lipinski definition) is 0. The molecule has 1 aliphatic rings. The van der Waals surface area contributed by atoms with Crippen LogP contribution in [0.3, 0.4) is 0 Å².